The van der Waals surface area contributed by atoms with Crippen molar-refractivity contribution in [2.24, 2.45) is 10.9 Å². The fourth-order valence-electron chi connectivity index (χ4n) is 3.48. The normalized spacial score (nSPS) is 14.9. The fraction of sp³-hybridized carbons (Fsp3) is 0.500. The maximum atomic E-state index is 5.79. The van der Waals surface area contributed by atoms with Gasteiger partial charge in [0, 0.05) is 45.6 Å². The van der Waals surface area contributed by atoms with Gasteiger partial charge in [0.15, 0.2) is 5.96 Å². The second-order valence-corrected chi connectivity index (χ2v) is 7.72. The molecule has 0 aliphatic carbocycles. The SMILES string of the molecule is CCNC(=NCc1ccc(Oc2ccc(OC)cc2)nc1)N(C)CCC1CCOCC1. The highest BCUT2D eigenvalue weighted by atomic mass is 16.5. The number of methoxy groups -OCH3 is 1. The van der Waals surface area contributed by atoms with Crippen LogP contribution in [0.3, 0.4) is 0 Å². The van der Waals surface area contributed by atoms with Gasteiger partial charge in [0.1, 0.15) is 11.5 Å². The molecule has 1 aliphatic heterocycles. The van der Waals surface area contributed by atoms with E-state index < -0.39 is 0 Å². The first-order valence-corrected chi connectivity index (χ1v) is 11.0. The molecule has 168 valence electrons. The van der Waals surface area contributed by atoms with Gasteiger partial charge < -0.3 is 24.4 Å². The third-order valence-corrected chi connectivity index (χ3v) is 5.40. The second-order valence-electron chi connectivity index (χ2n) is 7.72. The zero-order chi connectivity index (χ0) is 21.9. The van der Waals surface area contributed by atoms with Crippen LogP contribution in [0.4, 0.5) is 0 Å². The molecule has 0 saturated carbocycles. The molecule has 0 atom stereocenters. The van der Waals surface area contributed by atoms with E-state index in [2.05, 4.69) is 29.2 Å². The Hall–Kier alpha value is -2.80. The number of hydrogen-bond donors (Lipinski definition) is 1. The second kappa shape index (κ2) is 12.2. The lowest BCUT2D eigenvalue weighted by atomic mass is 9.96. The van der Waals surface area contributed by atoms with E-state index in [4.69, 9.17) is 19.2 Å². The molecule has 2 heterocycles. The molecule has 1 N–H and O–H groups in total. The standard InChI is InChI=1S/C24H34N4O3/c1-4-25-24(28(2)14-11-19-12-15-30-16-13-19)27-18-20-5-10-23(26-17-20)31-22-8-6-21(29-3)7-9-22/h5-10,17,19H,4,11-16,18H2,1-3H3,(H,25,27). The third kappa shape index (κ3) is 7.43. The first-order valence-electron chi connectivity index (χ1n) is 11.0. The van der Waals surface area contributed by atoms with Gasteiger partial charge in [-0.3, -0.25) is 0 Å². The molecule has 2 aromatic rings. The first-order chi connectivity index (χ1) is 15.2. The molecule has 0 radical (unpaired) electrons. The summed E-state index contributed by atoms with van der Waals surface area (Å²) in [7, 11) is 3.74. The minimum atomic E-state index is 0.554. The highest BCUT2D eigenvalue weighted by Crippen LogP contribution is 2.22. The van der Waals surface area contributed by atoms with E-state index in [0.717, 1.165) is 68.1 Å². The summed E-state index contributed by atoms with van der Waals surface area (Å²) >= 11 is 0. The van der Waals surface area contributed by atoms with Crippen LogP contribution in [-0.4, -0.2) is 56.3 Å². The summed E-state index contributed by atoms with van der Waals surface area (Å²) in [5, 5.41) is 3.39. The fourth-order valence-corrected chi connectivity index (χ4v) is 3.48. The van der Waals surface area contributed by atoms with Crippen molar-refractivity contribution in [1.82, 2.24) is 15.2 Å². The summed E-state index contributed by atoms with van der Waals surface area (Å²) in [4.78, 5) is 11.4. The van der Waals surface area contributed by atoms with Crippen LogP contribution >= 0.6 is 0 Å². The lowest BCUT2D eigenvalue weighted by molar-refractivity contribution is 0.0625. The van der Waals surface area contributed by atoms with Crippen LogP contribution in [0, 0.1) is 5.92 Å². The average molecular weight is 427 g/mol. The van der Waals surface area contributed by atoms with Crippen molar-refractivity contribution in [3.63, 3.8) is 0 Å². The van der Waals surface area contributed by atoms with Crippen LogP contribution in [0.2, 0.25) is 0 Å². The predicted molar refractivity (Wildman–Crippen MR) is 123 cm³/mol. The van der Waals surface area contributed by atoms with Crippen molar-refractivity contribution in [1.29, 1.82) is 0 Å². The molecule has 7 nitrogen and oxygen atoms in total. The number of nitrogens with one attached hydrogen (secondary N) is 1. The topological polar surface area (TPSA) is 68.2 Å². The monoisotopic (exact) mass is 426 g/mol. The molecular formula is C24H34N4O3. The maximum Gasteiger partial charge on any atom is 0.219 e. The van der Waals surface area contributed by atoms with Crippen molar-refractivity contribution in [3.05, 3.63) is 48.2 Å². The molecule has 0 spiro atoms. The average Bonchev–Trinajstić information content (AvgIpc) is 2.82. The smallest absolute Gasteiger partial charge is 0.219 e. The Balaban J connectivity index is 1.53. The molecule has 1 aromatic heterocycles. The maximum absolute atomic E-state index is 5.79. The molecule has 0 unspecified atom stereocenters. The van der Waals surface area contributed by atoms with Crippen molar-refractivity contribution in [2.45, 2.75) is 32.7 Å². The Labute approximate surface area is 185 Å². The predicted octanol–water partition coefficient (Wildman–Crippen LogP) is 4.10. The van der Waals surface area contributed by atoms with E-state index in [-0.39, 0.29) is 0 Å². The van der Waals surface area contributed by atoms with Gasteiger partial charge in [0.25, 0.3) is 0 Å². The van der Waals surface area contributed by atoms with Crippen LogP contribution in [0.5, 0.6) is 17.4 Å². The Morgan fingerprint density at radius 2 is 1.90 bits per heavy atom. The molecular weight excluding hydrogens is 392 g/mol. The quantitative estimate of drug-likeness (QED) is 0.481. The lowest BCUT2D eigenvalue weighted by Crippen LogP contribution is -2.40. The molecule has 0 amide bonds. The van der Waals surface area contributed by atoms with E-state index in [0.29, 0.717) is 12.4 Å². The van der Waals surface area contributed by atoms with E-state index in [1.807, 2.05) is 42.6 Å². The van der Waals surface area contributed by atoms with Gasteiger partial charge in [0.2, 0.25) is 5.88 Å². The van der Waals surface area contributed by atoms with Crippen molar-refractivity contribution in [3.8, 4) is 17.4 Å². The van der Waals surface area contributed by atoms with Gasteiger partial charge in [-0.15, -0.1) is 0 Å². The van der Waals surface area contributed by atoms with E-state index in [1.165, 1.54) is 6.42 Å². The van der Waals surface area contributed by atoms with Crippen molar-refractivity contribution >= 4 is 5.96 Å². The Kier molecular flexibility index (Phi) is 8.97. The summed E-state index contributed by atoms with van der Waals surface area (Å²) < 4.78 is 16.4. The number of hydrogen-bond acceptors (Lipinski definition) is 5. The highest BCUT2D eigenvalue weighted by molar-refractivity contribution is 5.79. The van der Waals surface area contributed by atoms with Gasteiger partial charge in [-0.1, -0.05) is 6.07 Å². The molecule has 1 aliphatic rings. The molecule has 0 bridgehead atoms. The van der Waals surface area contributed by atoms with Crippen LogP contribution in [0.25, 0.3) is 0 Å². The van der Waals surface area contributed by atoms with Gasteiger partial charge in [-0.05, 0) is 61.9 Å². The Morgan fingerprint density at radius 1 is 1.16 bits per heavy atom. The van der Waals surface area contributed by atoms with Gasteiger partial charge in [-0.25, -0.2) is 9.98 Å². The number of rotatable bonds is 9. The van der Waals surface area contributed by atoms with Crippen LogP contribution in [-0.2, 0) is 11.3 Å². The number of aliphatic imine (C=N–C) groups is 1. The van der Waals surface area contributed by atoms with Gasteiger partial charge in [-0.2, -0.15) is 0 Å². The number of aromatic nitrogens is 1. The summed E-state index contributed by atoms with van der Waals surface area (Å²) in [6.07, 6.45) is 5.31. The zero-order valence-electron chi connectivity index (χ0n) is 18.8. The zero-order valence-corrected chi connectivity index (χ0v) is 18.8. The van der Waals surface area contributed by atoms with Gasteiger partial charge >= 0.3 is 0 Å². The molecule has 31 heavy (non-hydrogen) atoms. The number of guanidine groups is 1. The first kappa shape index (κ1) is 22.9. The van der Waals surface area contributed by atoms with Gasteiger partial charge in [0.05, 0.1) is 13.7 Å². The Morgan fingerprint density at radius 3 is 2.55 bits per heavy atom. The highest BCUT2D eigenvalue weighted by Gasteiger charge is 2.15. The molecule has 1 saturated heterocycles. The summed E-state index contributed by atoms with van der Waals surface area (Å²) in [5.41, 5.74) is 1.04. The Bertz CT molecular complexity index is 803. The molecule has 1 fully saturated rings. The number of pyridine rings is 1. The number of benzene rings is 1. The van der Waals surface area contributed by atoms with E-state index in [9.17, 15) is 0 Å². The van der Waals surface area contributed by atoms with Crippen molar-refractivity contribution < 1.29 is 14.2 Å². The third-order valence-electron chi connectivity index (χ3n) is 5.40. The minimum Gasteiger partial charge on any atom is -0.497 e. The van der Waals surface area contributed by atoms with Crippen molar-refractivity contribution in [2.75, 3.05) is 40.5 Å². The number of ether oxygens (including phenoxy) is 3. The molecule has 1 aromatic carbocycles. The van der Waals surface area contributed by atoms with Crippen LogP contribution in [0.15, 0.2) is 47.6 Å². The largest absolute Gasteiger partial charge is 0.497 e. The lowest BCUT2D eigenvalue weighted by Gasteiger charge is -2.26. The van der Waals surface area contributed by atoms with E-state index in [1.54, 1.807) is 7.11 Å². The number of nitrogens with zero attached hydrogens (tertiary/aromatic N) is 3. The minimum absolute atomic E-state index is 0.554. The molecule has 7 heteroatoms. The summed E-state index contributed by atoms with van der Waals surface area (Å²) in [6.45, 7) is 6.28. The van der Waals surface area contributed by atoms with Crippen LogP contribution < -0.4 is 14.8 Å². The molecule has 3 rings (SSSR count). The van der Waals surface area contributed by atoms with E-state index >= 15 is 0 Å². The summed E-state index contributed by atoms with van der Waals surface area (Å²) in [5.74, 6) is 3.75. The summed E-state index contributed by atoms with van der Waals surface area (Å²) in [6, 6.07) is 11.3. The van der Waals surface area contributed by atoms with Crippen LogP contribution in [0.1, 0.15) is 31.7 Å².